The first-order valence-electron chi connectivity index (χ1n) is 6.29. The Morgan fingerprint density at radius 2 is 1.84 bits per heavy atom. The van der Waals surface area contributed by atoms with Crippen molar-refractivity contribution in [3.05, 3.63) is 64.2 Å². The van der Waals surface area contributed by atoms with Crippen LogP contribution in [0, 0.1) is 6.92 Å². The Kier molecular flexibility index (Phi) is 4.46. The maximum Gasteiger partial charge on any atom is 0.138 e. The Labute approximate surface area is 119 Å². The summed E-state index contributed by atoms with van der Waals surface area (Å²) in [5, 5.41) is 0.599. The number of nitrogens with two attached hydrogens (primary N) is 1. The summed E-state index contributed by atoms with van der Waals surface area (Å²) in [4.78, 5) is 0. The van der Waals surface area contributed by atoms with E-state index in [2.05, 4.69) is 31.2 Å². The summed E-state index contributed by atoms with van der Waals surface area (Å²) in [6, 6.07) is 13.9. The number of hydrogen-bond donors (Lipinski definition) is 1. The zero-order valence-corrected chi connectivity index (χ0v) is 11.9. The standard InChI is InChI=1S/C16H18ClNO/c1-11-3-5-13(6-4-11)10-19-16-8-7-14(12(2)18)9-15(16)17/h3-9,12H,10,18H2,1-2H3. The molecule has 0 amide bonds. The first-order valence-corrected chi connectivity index (χ1v) is 6.67. The molecule has 0 spiro atoms. The van der Waals surface area contributed by atoms with Gasteiger partial charge in [-0.05, 0) is 37.1 Å². The molecule has 0 heterocycles. The maximum absolute atomic E-state index is 6.18. The van der Waals surface area contributed by atoms with Crippen molar-refractivity contribution in [2.75, 3.05) is 0 Å². The van der Waals surface area contributed by atoms with Gasteiger partial charge in [-0.15, -0.1) is 0 Å². The molecular weight excluding hydrogens is 258 g/mol. The summed E-state index contributed by atoms with van der Waals surface area (Å²) < 4.78 is 5.72. The van der Waals surface area contributed by atoms with E-state index < -0.39 is 0 Å². The van der Waals surface area contributed by atoms with Crippen LogP contribution in [0.4, 0.5) is 0 Å². The van der Waals surface area contributed by atoms with Gasteiger partial charge >= 0.3 is 0 Å². The van der Waals surface area contributed by atoms with Crippen molar-refractivity contribution in [1.29, 1.82) is 0 Å². The second-order valence-corrected chi connectivity index (χ2v) is 5.16. The van der Waals surface area contributed by atoms with E-state index in [0.29, 0.717) is 17.4 Å². The van der Waals surface area contributed by atoms with E-state index in [1.54, 1.807) is 0 Å². The fourth-order valence-corrected chi connectivity index (χ4v) is 2.01. The lowest BCUT2D eigenvalue weighted by molar-refractivity contribution is 0.306. The molecule has 1 atom stereocenters. The zero-order chi connectivity index (χ0) is 13.8. The van der Waals surface area contributed by atoms with Gasteiger partial charge in [0.1, 0.15) is 12.4 Å². The molecule has 0 saturated heterocycles. The SMILES string of the molecule is Cc1ccc(COc2ccc(C(C)N)cc2Cl)cc1. The minimum Gasteiger partial charge on any atom is -0.487 e. The third-order valence-corrected chi connectivity index (χ3v) is 3.29. The Morgan fingerprint density at radius 1 is 1.16 bits per heavy atom. The molecule has 0 aliphatic rings. The van der Waals surface area contributed by atoms with Gasteiger partial charge in [0, 0.05) is 6.04 Å². The van der Waals surface area contributed by atoms with Crippen molar-refractivity contribution in [3.63, 3.8) is 0 Å². The molecular formula is C16H18ClNO. The van der Waals surface area contributed by atoms with Gasteiger partial charge in [0.15, 0.2) is 0 Å². The van der Waals surface area contributed by atoms with Crippen LogP contribution >= 0.6 is 11.6 Å². The molecule has 0 bridgehead atoms. The monoisotopic (exact) mass is 275 g/mol. The Hall–Kier alpha value is -1.51. The molecule has 3 heteroatoms. The summed E-state index contributed by atoms with van der Waals surface area (Å²) >= 11 is 6.18. The summed E-state index contributed by atoms with van der Waals surface area (Å²) in [6.45, 7) is 4.50. The Morgan fingerprint density at radius 3 is 2.42 bits per heavy atom. The summed E-state index contributed by atoms with van der Waals surface area (Å²) in [6.07, 6.45) is 0. The highest BCUT2D eigenvalue weighted by Crippen LogP contribution is 2.28. The van der Waals surface area contributed by atoms with Crippen LogP contribution in [0.25, 0.3) is 0 Å². The van der Waals surface area contributed by atoms with Crippen molar-refractivity contribution in [3.8, 4) is 5.75 Å². The predicted molar refractivity (Wildman–Crippen MR) is 79.6 cm³/mol. The number of ether oxygens (including phenoxy) is 1. The van der Waals surface area contributed by atoms with Gasteiger partial charge in [-0.1, -0.05) is 47.5 Å². The zero-order valence-electron chi connectivity index (χ0n) is 11.2. The summed E-state index contributed by atoms with van der Waals surface area (Å²) in [5.74, 6) is 0.687. The van der Waals surface area contributed by atoms with Gasteiger partial charge in [-0.2, -0.15) is 0 Å². The third kappa shape index (κ3) is 3.72. The van der Waals surface area contributed by atoms with Crippen molar-refractivity contribution < 1.29 is 4.74 Å². The molecule has 1 unspecified atom stereocenters. The second kappa shape index (κ2) is 6.09. The molecule has 2 nitrogen and oxygen atoms in total. The minimum absolute atomic E-state index is 0.0244. The number of rotatable bonds is 4. The van der Waals surface area contributed by atoms with Crippen LogP contribution in [-0.2, 0) is 6.61 Å². The lowest BCUT2D eigenvalue weighted by atomic mass is 10.1. The van der Waals surface area contributed by atoms with Crippen LogP contribution in [0.3, 0.4) is 0 Å². The van der Waals surface area contributed by atoms with Gasteiger partial charge in [-0.3, -0.25) is 0 Å². The first-order chi connectivity index (χ1) is 9.06. The van der Waals surface area contributed by atoms with Gasteiger partial charge in [0.25, 0.3) is 0 Å². The Balaban J connectivity index is 2.05. The van der Waals surface area contributed by atoms with E-state index in [1.807, 2.05) is 25.1 Å². The molecule has 0 fully saturated rings. The third-order valence-electron chi connectivity index (χ3n) is 3.00. The maximum atomic E-state index is 6.18. The molecule has 0 aliphatic carbocycles. The highest BCUT2D eigenvalue weighted by atomic mass is 35.5. The Bertz CT molecular complexity index is 549. The average Bonchev–Trinajstić information content (AvgIpc) is 2.39. The lowest BCUT2D eigenvalue weighted by Crippen LogP contribution is -2.05. The minimum atomic E-state index is -0.0244. The molecule has 2 rings (SSSR count). The van der Waals surface area contributed by atoms with Crippen molar-refractivity contribution in [1.82, 2.24) is 0 Å². The summed E-state index contributed by atoms with van der Waals surface area (Å²) in [5.41, 5.74) is 9.18. The van der Waals surface area contributed by atoms with Crippen LogP contribution in [0.15, 0.2) is 42.5 Å². The molecule has 0 aliphatic heterocycles. The number of hydrogen-bond acceptors (Lipinski definition) is 2. The van der Waals surface area contributed by atoms with Gasteiger partial charge in [0.2, 0.25) is 0 Å². The number of aryl methyl sites for hydroxylation is 1. The van der Waals surface area contributed by atoms with E-state index in [-0.39, 0.29) is 6.04 Å². The second-order valence-electron chi connectivity index (χ2n) is 4.75. The van der Waals surface area contributed by atoms with E-state index in [1.165, 1.54) is 5.56 Å². The van der Waals surface area contributed by atoms with Crippen LogP contribution in [0.5, 0.6) is 5.75 Å². The summed E-state index contributed by atoms with van der Waals surface area (Å²) in [7, 11) is 0. The van der Waals surface area contributed by atoms with E-state index in [0.717, 1.165) is 11.1 Å². The van der Waals surface area contributed by atoms with Crippen LogP contribution in [0.2, 0.25) is 5.02 Å². The number of benzene rings is 2. The quantitative estimate of drug-likeness (QED) is 0.905. The normalized spacial score (nSPS) is 12.2. The highest BCUT2D eigenvalue weighted by Gasteiger charge is 2.06. The predicted octanol–water partition coefficient (Wildman–Crippen LogP) is 4.25. The van der Waals surface area contributed by atoms with E-state index >= 15 is 0 Å². The molecule has 100 valence electrons. The highest BCUT2D eigenvalue weighted by molar-refractivity contribution is 6.32. The van der Waals surface area contributed by atoms with Crippen molar-refractivity contribution in [2.45, 2.75) is 26.5 Å². The molecule has 19 heavy (non-hydrogen) atoms. The topological polar surface area (TPSA) is 35.2 Å². The average molecular weight is 276 g/mol. The number of halogens is 1. The first kappa shape index (κ1) is 13.9. The molecule has 2 aromatic rings. The smallest absolute Gasteiger partial charge is 0.138 e. The van der Waals surface area contributed by atoms with E-state index in [9.17, 15) is 0 Å². The molecule has 0 radical (unpaired) electrons. The van der Waals surface area contributed by atoms with E-state index in [4.69, 9.17) is 22.1 Å². The molecule has 2 aromatic carbocycles. The van der Waals surface area contributed by atoms with Gasteiger partial charge in [-0.25, -0.2) is 0 Å². The molecule has 0 saturated carbocycles. The van der Waals surface area contributed by atoms with Crippen molar-refractivity contribution >= 4 is 11.6 Å². The molecule has 0 aromatic heterocycles. The van der Waals surface area contributed by atoms with Crippen LogP contribution in [0.1, 0.15) is 29.7 Å². The largest absolute Gasteiger partial charge is 0.487 e. The van der Waals surface area contributed by atoms with Gasteiger partial charge in [0.05, 0.1) is 5.02 Å². The van der Waals surface area contributed by atoms with Crippen molar-refractivity contribution in [2.24, 2.45) is 5.73 Å². The lowest BCUT2D eigenvalue weighted by Gasteiger charge is -2.11. The van der Waals surface area contributed by atoms with Crippen LogP contribution in [-0.4, -0.2) is 0 Å². The fourth-order valence-electron chi connectivity index (χ4n) is 1.76. The fraction of sp³-hybridized carbons (Fsp3) is 0.250. The van der Waals surface area contributed by atoms with Gasteiger partial charge < -0.3 is 10.5 Å². The molecule has 2 N–H and O–H groups in total. The van der Waals surface area contributed by atoms with Crippen LogP contribution < -0.4 is 10.5 Å².